The van der Waals surface area contributed by atoms with Crippen molar-refractivity contribution >= 4 is 12.1 Å². The summed E-state index contributed by atoms with van der Waals surface area (Å²) in [5.74, 6) is -1.15. The van der Waals surface area contributed by atoms with E-state index in [-0.39, 0.29) is 19.4 Å². The highest BCUT2D eigenvalue weighted by molar-refractivity contribution is 5.85. The lowest BCUT2D eigenvalue weighted by Crippen LogP contribution is -2.54. The Bertz CT molecular complexity index is 491. The molecule has 1 fully saturated rings. The number of nitrogens with zero attached hydrogens (tertiary/aromatic N) is 1. The Morgan fingerprint density at radius 3 is 2.47 bits per heavy atom. The molecular formula is C13H16N2O4. The molecular weight excluding hydrogens is 248 g/mol. The molecule has 0 unspecified atom stereocenters. The Kier molecular flexibility index (Phi) is 3.44. The summed E-state index contributed by atoms with van der Waals surface area (Å²) < 4.78 is 0. The predicted octanol–water partition coefficient (Wildman–Crippen LogP) is 0.763. The van der Waals surface area contributed by atoms with Gasteiger partial charge in [-0.05, 0) is 12.0 Å². The first kappa shape index (κ1) is 13.4. The van der Waals surface area contributed by atoms with E-state index in [1.807, 2.05) is 6.07 Å². The van der Waals surface area contributed by atoms with Crippen molar-refractivity contribution in [2.24, 2.45) is 5.73 Å². The Hall–Kier alpha value is -2.08. The van der Waals surface area contributed by atoms with Crippen LogP contribution in [0.2, 0.25) is 0 Å². The van der Waals surface area contributed by atoms with Gasteiger partial charge in [0.1, 0.15) is 5.54 Å². The smallest absolute Gasteiger partial charge is 0.408 e. The summed E-state index contributed by atoms with van der Waals surface area (Å²) in [6.45, 7) is 0.0501. The molecule has 1 heterocycles. The average Bonchev–Trinajstić information content (AvgIpc) is 2.69. The number of rotatable bonds is 3. The van der Waals surface area contributed by atoms with E-state index >= 15 is 0 Å². The highest BCUT2D eigenvalue weighted by Crippen LogP contribution is 2.32. The summed E-state index contributed by atoms with van der Waals surface area (Å²) in [5, 5.41) is 18.7. The Morgan fingerprint density at radius 1 is 1.32 bits per heavy atom. The Balaban J connectivity index is 2.37. The lowest BCUT2D eigenvalue weighted by Gasteiger charge is -2.32. The van der Waals surface area contributed by atoms with E-state index in [9.17, 15) is 19.8 Å². The molecule has 0 radical (unpaired) electrons. The third-order valence-electron chi connectivity index (χ3n) is 3.50. The Labute approximate surface area is 110 Å². The van der Waals surface area contributed by atoms with Crippen molar-refractivity contribution < 1.29 is 19.8 Å². The zero-order valence-electron chi connectivity index (χ0n) is 10.3. The molecule has 0 aromatic heterocycles. The third-order valence-corrected chi connectivity index (χ3v) is 3.50. The highest BCUT2D eigenvalue weighted by Gasteiger charge is 2.53. The first-order valence-corrected chi connectivity index (χ1v) is 5.99. The van der Waals surface area contributed by atoms with E-state index in [1.54, 1.807) is 24.3 Å². The molecule has 6 nitrogen and oxygen atoms in total. The fourth-order valence-corrected chi connectivity index (χ4v) is 2.66. The number of benzene rings is 1. The summed E-state index contributed by atoms with van der Waals surface area (Å²) in [4.78, 5) is 23.8. The van der Waals surface area contributed by atoms with Crippen molar-refractivity contribution in [2.45, 2.75) is 24.4 Å². The van der Waals surface area contributed by atoms with Gasteiger partial charge in [0.2, 0.25) is 0 Å². The average molecular weight is 264 g/mol. The second-order valence-corrected chi connectivity index (χ2v) is 4.86. The van der Waals surface area contributed by atoms with Crippen molar-refractivity contribution in [1.29, 1.82) is 0 Å². The monoisotopic (exact) mass is 264 g/mol. The zero-order valence-corrected chi connectivity index (χ0v) is 10.3. The minimum absolute atomic E-state index is 0.0501. The van der Waals surface area contributed by atoms with Crippen LogP contribution in [-0.2, 0) is 11.2 Å². The van der Waals surface area contributed by atoms with Crippen LogP contribution in [0.1, 0.15) is 12.0 Å². The minimum Gasteiger partial charge on any atom is -0.479 e. The minimum atomic E-state index is -1.47. The fraction of sp³-hybridized carbons (Fsp3) is 0.385. The van der Waals surface area contributed by atoms with Crippen LogP contribution in [-0.4, -0.2) is 45.3 Å². The van der Waals surface area contributed by atoms with Crippen LogP contribution in [0.3, 0.4) is 0 Å². The maximum absolute atomic E-state index is 11.6. The Morgan fingerprint density at radius 2 is 1.95 bits per heavy atom. The van der Waals surface area contributed by atoms with Gasteiger partial charge in [-0.2, -0.15) is 0 Å². The fourth-order valence-electron chi connectivity index (χ4n) is 2.66. The molecule has 6 heteroatoms. The number of carbonyl (C=O) groups is 2. The number of carboxylic acid groups (broad SMARTS) is 2. The molecule has 1 saturated heterocycles. The highest BCUT2D eigenvalue weighted by atomic mass is 16.4. The molecule has 0 bridgehead atoms. The van der Waals surface area contributed by atoms with Crippen LogP contribution >= 0.6 is 0 Å². The van der Waals surface area contributed by atoms with Gasteiger partial charge in [0.05, 0.1) is 0 Å². The molecule has 0 spiro atoms. The summed E-state index contributed by atoms with van der Waals surface area (Å²) in [6.07, 6.45) is -0.988. The largest absolute Gasteiger partial charge is 0.479 e. The number of aliphatic carboxylic acids is 1. The first-order valence-electron chi connectivity index (χ1n) is 5.99. The molecule has 1 aliphatic rings. The summed E-state index contributed by atoms with van der Waals surface area (Å²) >= 11 is 0. The summed E-state index contributed by atoms with van der Waals surface area (Å²) in [6, 6.07) is 8.54. The van der Waals surface area contributed by atoms with Crippen LogP contribution < -0.4 is 5.73 Å². The van der Waals surface area contributed by atoms with Gasteiger partial charge in [-0.25, -0.2) is 9.59 Å². The first-order chi connectivity index (χ1) is 8.95. The van der Waals surface area contributed by atoms with E-state index in [1.165, 1.54) is 0 Å². The van der Waals surface area contributed by atoms with E-state index in [0.717, 1.165) is 10.5 Å². The van der Waals surface area contributed by atoms with Gasteiger partial charge >= 0.3 is 12.1 Å². The van der Waals surface area contributed by atoms with Crippen LogP contribution in [0.15, 0.2) is 30.3 Å². The quantitative estimate of drug-likeness (QED) is 0.747. The zero-order chi connectivity index (χ0) is 14.0. The van der Waals surface area contributed by atoms with E-state index < -0.39 is 23.6 Å². The topological polar surface area (TPSA) is 104 Å². The predicted molar refractivity (Wildman–Crippen MR) is 67.8 cm³/mol. The summed E-state index contributed by atoms with van der Waals surface area (Å²) in [5.41, 5.74) is 5.08. The van der Waals surface area contributed by atoms with E-state index in [2.05, 4.69) is 0 Å². The van der Waals surface area contributed by atoms with Crippen LogP contribution in [0.5, 0.6) is 0 Å². The van der Waals surface area contributed by atoms with Crippen LogP contribution in [0, 0.1) is 0 Å². The van der Waals surface area contributed by atoms with Crippen LogP contribution in [0.4, 0.5) is 4.79 Å². The van der Waals surface area contributed by atoms with Gasteiger partial charge in [0.25, 0.3) is 0 Å². The number of hydrogen-bond acceptors (Lipinski definition) is 3. The van der Waals surface area contributed by atoms with Gasteiger partial charge in [-0.15, -0.1) is 0 Å². The molecule has 0 aliphatic carbocycles. The van der Waals surface area contributed by atoms with E-state index in [4.69, 9.17) is 5.73 Å². The molecule has 2 rings (SSSR count). The molecule has 1 aromatic rings. The standard InChI is InChI=1S/C13H16N2O4/c14-10-7-13(11(16)17,15(8-10)12(18)19)6-9-4-2-1-3-5-9/h1-5,10H,6-8,14H2,(H,16,17)(H,18,19)/t10-,13+/m1/s1. The molecule has 1 aliphatic heterocycles. The lowest BCUT2D eigenvalue weighted by molar-refractivity contribution is -0.148. The molecule has 4 N–H and O–H groups in total. The van der Waals surface area contributed by atoms with E-state index in [0.29, 0.717) is 0 Å². The number of amides is 1. The number of nitrogens with two attached hydrogens (primary N) is 1. The molecule has 1 amide bonds. The normalized spacial score (nSPS) is 26.4. The van der Waals surface area contributed by atoms with Crippen molar-refractivity contribution in [3.8, 4) is 0 Å². The van der Waals surface area contributed by atoms with Gasteiger partial charge in [0.15, 0.2) is 0 Å². The molecule has 102 valence electrons. The number of carboxylic acids is 1. The van der Waals surface area contributed by atoms with Gasteiger partial charge < -0.3 is 15.9 Å². The summed E-state index contributed by atoms with van der Waals surface area (Å²) in [7, 11) is 0. The lowest BCUT2D eigenvalue weighted by atomic mass is 9.87. The molecule has 0 saturated carbocycles. The van der Waals surface area contributed by atoms with Gasteiger partial charge in [-0.1, -0.05) is 30.3 Å². The molecule has 1 aromatic carbocycles. The number of hydrogen-bond donors (Lipinski definition) is 3. The number of likely N-dealkylation sites (tertiary alicyclic amines) is 1. The third kappa shape index (κ3) is 2.39. The van der Waals surface area contributed by atoms with Gasteiger partial charge in [0, 0.05) is 19.0 Å². The van der Waals surface area contributed by atoms with Crippen molar-refractivity contribution in [3.05, 3.63) is 35.9 Å². The second kappa shape index (κ2) is 4.89. The second-order valence-electron chi connectivity index (χ2n) is 4.86. The van der Waals surface area contributed by atoms with Crippen LogP contribution in [0.25, 0.3) is 0 Å². The molecule has 19 heavy (non-hydrogen) atoms. The maximum Gasteiger partial charge on any atom is 0.408 e. The van der Waals surface area contributed by atoms with Crippen molar-refractivity contribution in [3.63, 3.8) is 0 Å². The van der Waals surface area contributed by atoms with Gasteiger partial charge in [-0.3, -0.25) is 4.90 Å². The van der Waals surface area contributed by atoms with Crippen molar-refractivity contribution in [2.75, 3.05) is 6.54 Å². The maximum atomic E-state index is 11.6. The SMILES string of the molecule is N[C@H]1CN(C(=O)O)[C@](Cc2ccccc2)(C(=O)O)C1. The molecule has 2 atom stereocenters. The van der Waals surface area contributed by atoms with Crippen molar-refractivity contribution in [1.82, 2.24) is 4.90 Å².